The van der Waals surface area contributed by atoms with Crippen molar-refractivity contribution in [2.75, 3.05) is 47.5 Å². The predicted molar refractivity (Wildman–Crippen MR) is 155 cm³/mol. The van der Waals surface area contributed by atoms with Gasteiger partial charge in [-0.05, 0) is 99.9 Å². The number of nitrogens with one attached hydrogen (secondary N) is 1. The van der Waals surface area contributed by atoms with Gasteiger partial charge < -0.3 is 24.4 Å². The van der Waals surface area contributed by atoms with Gasteiger partial charge in [0.15, 0.2) is 11.5 Å². The van der Waals surface area contributed by atoms with Crippen LogP contribution in [0, 0.1) is 0 Å². The highest BCUT2D eigenvalue weighted by atomic mass is 35.5. The number of benzene rings is 2. The van der Waals surface area contributed by atoms with Gasteiger partial charge in [0, 0.05) is 11.6 Å². The zero-order chi connectivity index (χ0) is 26.6. The third-order valence-electron chi connectivity index (χ3n) is 7.63. The first-order chi connectivity index (χ1) is 18.0. The van der Waals surface area contributed by atoms with Crippen molar-refractivity contribution in [2.24, 2.45) is 0 Å². The molecule has 1 N–H and O–H groups in total. The Morgan fingerprint density at radius 1 is 0.919 bits per heavy atom. The van der Waals surface area contributed by atoms with Gasteiger partial charge in [0.25, 0.3) is 0 Å². The van der Waals surface area contributed by atoms with Crippen LogP contribution >= 0.6 is 11.6 Å². The average Bonchev–Trinajstić information content (AvgIpc) is 2.90. The lowest BCUT2D eigenvalue weighted by Crippen LogP contribution is -2.41. The van der Waals surface area contributed by atoms with Gasteiger partial charge in [-0.25, -0.2) is 0 Å². The summed E-state index contributed by atoms with van der Waals surface area (Å²) >= 11 is 6.23. The van der Waals surface area contributed by atoms with Crippen LogP contribution in [0.25, 0.3) is 0 Å². The maximum absolute atomic E-state index is 6.23. The van der Waals surface area contributed by atoms with Gasteiger partial charge >= 0.3 is 0 Å². The van der Waals surface area contributed by atoms with Crippen molar-refractivity contribution in [2.45, 2.75) is 77.2 Å². The van der Waals surface area contributed by atoms with Gasteiger partial charge in [-0.3, -0.25) is 0 Å². The maximum Gasteiger partial charge on any atom is 0.164 e. The summed E-state index contributed by atoms with van der Waals surface area (Å²) in [5, 5.41) is 4.27. The summed E-state index contributed by atoms with van der Waals surface area (Å²) < 4.78 is 16.5. The third-order valence-corrected chi connectivity index (χ3v) is 7.93. The molecule has 5 nitrogen and oxygen atoms in total. The zero-order valence-electron chi connectivity index (χ0n) is 23.6. The van der Waals surface area contributed by atoms with Gasteiger partial charge in [0.05, 0.1) is 26.4 Å². The summed E-state index contributed by atoms with van der Waals surface area (Å²) in [4.78, 5) is 2.74. The van der Waals surface area contributed by atoms with Crippen molar-refractivity contribution in [3.8, 4) is 17.2 Å². The highest BCUT2D eigenvalue weighted by Gasteiger charge is 2.31. The molecule has 1 aliphatic carbocycles. The number of hydrogen-bond acceptors (Lipinski definition) is 5. The quantitative estimate of drug-likeness (QED) is 0.239. The SMILES string of the molecule is CCCN(CCCCCCNCCc1ccc(OC)c(Cl)c1)C1Cc2ccc(OC)c(OC)c2C(C)C1. The lowest BCUT2D eigenvalue weighted by molar-refractivity contribution is 0.167. The van der Waals surface area contributed by atoms with Crippen molar-refractivity contribution in [3.63, 3.8) is 0 Å². The van der Waals surface area contributed by atoms with Crippen LogP contribution in [0.4, 0.5) is 0 Å². The van der Waals surface area contributed by atoms with E-state index in [1.165, 1.54) is 68.3 Å². The topological polar surface area (TPSA) is 43.0 Å². The van der Waals surface area contributed by atoms with E-state index in [9.17, 15) is 0 Å². The Morgan fingerprint density at radius 2 is 1.68 bits per heavy atom. The lowest BCUT2D eigenvalue weighted by Gasteiger charge is -2.38. The van der Waals surface area contributed by atoms with Crippen LogP contribution in [-0.4, -0.2) is 58.5 Å². The van der Waals surface area contributed by atoms with Crippen molar-refractivity contribution in [3.05, 3.63) is 52.0 Å². The van der Waals surface area contributed by atoms with E-state index in [1.807, 2.05) is 12.1 Å². The van der Waals surface area contributed by atoms with E-state index in [0.717, 1.165) is 43.2 Å². The first-order valence-electron chi connectivity index (χ1n) is 14.0. The molecule has 2 aromatic carbocycles. The zero-order valence-corrected chi connectivity index (χ0v) is 24.3. The van der Waals surface area contributed by atoms with Crippen LogP contribution in [0.2, 0.25) is 5.02 Å². The van der Waals surface area contributed by atoms with Crippen LogP contribution in [0.3, 0.4) is 0 Å². The first-order valence-corrected chi connectivity index (χ1v) is 14.4. The highest BCUT2D eigenvalue weighted by molar-refractivity contribution is 6.32. The maximum atomic E-state index is 6.23. The fourth-order valence-electron chi connectivity index (χ4n) is 5.76. The van der Waals surface area contributed by atoms with Gasteiger partial charge in [-0.2, -0.15) is 0 Å². The van der Waals surface area contributed by atoms with E-state index < -0.39 is 0 Å². The molecule has 0 spiro atoms. The monoisotopic (exact) mass is 530 g/mol. The molecular formula is C31H47ClN2O3. The molecule has 0 heterocycles. The Labute approximate surface area is 229 Å². The number of fused-ring (bicyclic) bond motifs is 1. The molecule has 2 unspecified atom stereocenters. The minimum absolute atomic E-state index is 0.471. The molecule has 37 heavy (non-hydrogen) atoms. The molecule has 2 atom stereocenters. The van der Waals surface area contributed by atoms with E-state index in [4.69, 9.17) is 25.8 Å². The number of halogens is 1. The largest absolute Gasteiger partial charge is 0.495 e. The summed E-state index contributed by atoms with van der Waals surface area (Å²) in [6, 6.07) is 11.0. The first kappa shape index (κ1) is 29.6. The van der Waals surface area contributed by atoms with Gasteiger partial charge in [0.2, 0.25) is 0 Å². The second-order valence-corrected chi connectivity index (χ2v) is 10.7. The standard InChI is InChI=1S/C31H47ClN2O3/c1-6-18-34(26-20-23(2)30-25(22-26)12-14-29(36-4)31(30)37-5)19-10-8-7-9-16-33-17-15-24-11-13-28(35-3)27(32)21-24/h11-14,21,23,26,33H,6-10,15-20,22H2,1-5H3. The molecule has 0 saturated heterocycles. The van der Waals surface area contributed by atoms with Gasteiger partial charge in [0.1, 0.15) is 5.75 Å². The molecule has 0 fully saturated rings. The number of rotatable bonds is 16. The van der Waals surface area contributed by atoms with Crippen LogP contribution in [0.5, 0.6) is 17.2 Å². The minimum Gasteiger partial charge on any atom is -0.495 e. The van der Waals surface area contributed by atoms with E-state index >= 15 is 0 Å². The minimum atomic E-state index is 0.471. The summed E-state index contributed by atoms with van der Waals surface area (Å²) in [5.41, 5.74) is 4.01. The van der Waals surface area contributed by atoms with Gasteiger partial charge in [-0.15, -0.1) is 0 Å². The van der Waals surface area contributed by atoms with E-state index in [0.29, 0.717) is 17.0 Å². The fraction of sp³-hybridized carbons (Fsp3) is 0.613. The normalized spacial score (nSPS) is 17.1. The summed E-state index contributed by atoms with van der Waals surface area (Å²) in [6.07, 6.45) is 9.54. The van der Waals surface area contributed by atoms with Crippen LogP contribution in [0.15, 0.2) is 30.3 Å². The molecule has 206 valence electrons. The number of ether oxygens (including phenoxy) is 3. The molecule has 0 radical (unpaired) electrons. The molecule has 3 rings (SSSR count). The molecule has 0 amide bonds. The van der Waals surface area contributed by atoms with Crippen LogP contribution < -0.4 is 19.5 Å². The Morgan fingerprint density at radius 3 is 2.38 bits per heavy atom. The van der Waals surface area contributed by atoms with Crippen LogP contribution in [-0.2, 0) is 12.8 Å². The molecule has 0 aliphatic heterocycles. The number of nitrogens with zero attached hydrogens (tertiary/aromatic N) is 1. The van der Waals surface area contributed by atoms with Crippen molar-refractivity contribution in [1.82, 2.24) is 10.2 Å². The van der Waals surface area contributed by atoms with Crippen molar-refractivity contribution >= 4 is 11.6 Å². The molecule has 1 aliphatic rings. The molecule has 0 bridgehead atoms. The fourth-order valence-corrected chi connectivity index (χ4v) is 6.04. The smallest absolute Gasteiger partial charge is 0.164 e. The number of unbranched alkanes of at least 4 members (excludes halogenated alkanes) is 3. The summed E-state index contributed by atoms with van der Waals surface area (Å²) in [6.45, 7) is 9.06. The molecule has 6 heteroatoms. The second kappa shape index (κ2) is 15.5. The summed E-state index contributed by atoms with van der Waals surface area (Å²) in [7, 11) is 5.13. The average molecular weight is 531 g/mol. The van der Waals surface area contributed by atoms with Crippen LogP contribution in [0.1, 0.15) is 75.0 Å². The van der Waals surface area contributed by atoms with Crippen molar-refractivity contribution in [1.29, 1.82) is 0 Å². The van der Waals surface area contributed by atoms with E-state index in [1.54, 1.807) is 21.3 Å². The molecule has 2 aromatic rings. The number of hydrogen-bond donors (Lipinski definition) is 1. The van der Waals surface area contributed by atoms with E-state index in [-0.39, 0.29) is 0 Å². The predicted octanol–water partition coefficient (Wildman–Crippen LogP) is 6.89. The Kier molecular flexibility index (Phi) is 12.4. The van der Waals surface area contributed by atoms with E-state index in [2.05, 4.69) is 42.3 Å². The lowest BCUT2D eigenvalue weighted by atomic mass is 9.79. The van der Waals surface area contributed by atoms with Crippen molar-refractivity contribution < 1.29 is 14.2 Å². The molecular weight excluding hydrogens is 484 g/mol. The van der Waals surface area contributed by atoms with Gasteiger partial charge in [-0.1, -0.05) is 50.4 Å². The molecule has 0 aromatic heterocycles. The summed E-state index contributed by atoms with van der Waals surface area (Å²) in [5.74, 6) is 2.98. The molecule has 0 saturated carbocycles. The number of methoxy groups -OCH3 is 3. The highest BCUT2D eigenvalue weighted by Crippen LogP contribution is 2.44. The third kappa shape index (κ3) is 8.27. The Balaban J connectivity index is 1.37. The Bertz CT molecular complexity index is 968. The Hall–Kier alpha value is -1.95. The second-order valence-electron chi connectivity index (χ2n) is 10.3.